The van der Waals surface area contributed by atoms with E-state index in [4.69, 9.17) is 0 Å². The Kier molecular flexibility index (Phi) is 5.48. The predicted octanol–water partition coefficient (Wildman–Crippen LogP) is 4.13. The minimum Gasteiger partial charge on any atom is -0.382 e. The molecule has 0 aliphatic carbocycles. The van der Waals surface area contributed by atoms with Crippen LogP contribution in [0.5, 0.6) is 0 Å². The fourth-order valence-corrected chi connectivity index (χ4v) is 0.716. The number of hydrogen-bond acceptors (Lipinski definition) is 3. The van der Waals surface area contributed by atoms with Crippen LogP contribution >= 0.6 is 0 Å². The van der Waals surface area contributed by atoms with Gasteiger partial charge in [-0.15, -0.1) is 0 Å². The molecule has 132 valence electrons. The van der Waals surface area contributed by atoms with E-state index in [9.17, 15) is 57.5 Å². The lowest BCUT2D eigenvalue weighted by atomic mass is 10.3. The van der Waals surface area contributed by atoms with Crippen molar-refractivity contribution in [2.75, 3.05) is 0 Å². The van der Waals surface area contributed by atoms with Crippen LogP contribution in [0.2, 0.25) is 0 Å². The molecule has 0 saturated heterocycles. The topological polar surface area (TPSA) is 35.5 Å². The van der Waals surface area contributed by atoms with E-state index in [-0.39, 0.29) is 0 Å². The standard InChI is InChI=1S/C7H2F12O3/c8-1(9)4(12,6(14,15)16)21-3(20)22-5(13,2(10)11)7(17,18)19/h1-2H. The molecule has 0 heterocycles. The third-order valence-corrected chi connectivity index (χ3v) is 1.80. The minimum absolute atomic E-state index is 2.23. The second-order valence-electron chi connectivity index (χ2n) is 3.34. The average Bonchev–Trinajstić information content (AvgIpc) is 2.24. The van der Waals surface area contributed by atoms with E-state index in [1.54, 1.807) is 0 Å². The van der Waals surface area contributed by atoms with E-state index < -0.39 is 43.1 Å². The highest BCUT2D eigenvalue weighted by atomic mass is 19.4. The molecule has 0 radical (unpaired) electrons. The summed E-state index contributed by atoms with van der Waals surface area (Å²) in [4.78, 5) is 10.4. The molecule has 22 heavy (non-hydrogen) atoms. The molecule has 0 rings (SSSR count). The summed E-state index contributed by atoms with van der Waals surface area (Å²) in [5.41, 5.74) is 0. The minimum atomic E-state index is -6.68. The van der Waals surface area contributed by atoms with Crippen LogP contribution in [-0.2, 0) is 9.47 Å². The highest BCUT2D eigenvalue weighted by Crippen LogP contribution is 2.43. The number of alkyl halides is 12. The summed E-state index contributed by atoms with van der Waals surface area (Å²) in [6.45, 7) is 0. The van der Waals surface area contributed by atoms with Gasteiger partial charge in [-0.3, -0.25) is 0 Å². The monoisotopic (exact) mass is 362 g/mol. The highest BCUT2D eigenvalue weighted by molar-refractivity contribution is 5.61. The highest BCUT2D eigenvalue weighted by Gasteiger charge is 2.70. The van der Waals surface area contributed by atoms with Crippen LogP contribution in [0.4, 0.5) is 57.5 Å². The molecule has 0 aliphatic heterocycles. The molecule has 0 N–H and O–H groups in total. The molecule has 0 amide bonds. The number of halogens is 12. The number of carbonyl (C=O) groups is 1. The zero-order valence-corrected chi connectivity index (χ0v) is 9.42. The van der Waals surface area contributed by atoms with Crippen LogP contribution in [0.25, 0.3) is 0 Å². The third kappa shape index (κ3) is 3.79. The predicted molar refractivity (Wildman–Crippen MR) is 39.4 cm³/mol. The Balaban J connectivity index is 5.38. The molecule has 0 aliphatic rings. The summed E-state index contributed by atoms with van der Waals surface area (Å²) in [6, 6.07) is 0. The summed E-state index contributed by atoms with van der Waals surface area (Å²) in [5.74, 6) is -12.4. The third-order valence-electron chi connectivity index (χ3n) is 1.80. The van der Waals surface area contributed by atoms with Crippen LogP contribution in [0.3, 0.4) is 0 Å². The number of ether oxygens (including phenoxy) is 2. The van der Waals surface area contributed by atoms with Gasteiger partial charge in [-0.25, -0.2) is 22.4 Å². The molecule has 0 aromatic heterocycles. The maximum Gasteiger partial charge on any atom is 0.514 e. The van der Waals surface area contributed by atoms with Crippen LogP contribution in [0, 0.1) is 0 Å². The van der Waals surface area contributed by atoms with Crippen molar-refractivity contribution in [3.63, 3.8) is 0 Å². The van der Waals surface area contributed by atoms with Gasteiger partial charge in [0.2, 0.25) is 0 Å². The molecule has 15 heteroatoms. The van der Waals surface area contributed by atoms with Gasteiger partial charge >= 0.3 is 43.1 Å². The second-order valence-corrected chi connectivity index (χ2v) is 3.34. The summed E-state index contributed by atoms with van der Waals surface area (Å²) >= 11 is 0. The van der Waals surface area contributed by atoms with Crippen molar-refractivity contribution in [2.45, 2.75) is 36.9 Å². The first-order valence-electron chi connectivity index (χ1n) is 4.48. The van der Waals surface area contributed by atoms with Gasteiger partial charge < -0.3 is 9.47 Å². The van der Waals surface area contributed by atoms with Crippen molar-refractivity contribution in [2.24, 2.45) is 0 Å². The smallest absolute Gasteiger partial charge is 0.382 e. The van der Waals surface area contributed by atoms with Gasteiger partial charge in [-0.2, -0.15) is 35.1 Å². The molecule has 0 aromatic carbocycles. The molecule has 2 unspecified atom stereocenters. The Labute approximate surface area is 111 Å². The van der Waals surface area contributed by atoms with Crippen molar-refractivity contribution >= 4 is 6.16 Å². The Morgan fingerprint density at radius 3 is 1.00 bits per heavy atom. The lowest BCUT2D eigenvalue weighted by molar-refractivity contribution is -0.379. The fraction of sp³-hybridized carbons (Fsp3) is 0.857. The molecule has 3 nitrogen and oxygen atoms in total. The molecular weight excluding hydrogens is 360 g/mol. The summed E-state index contributed by atoms with van der Waals surface area (Å²) in [5, 5.41) is 0. The molecule has 0 bridgehead atoms. The molecule has 0 fully saturated rings. The fourth-order valence-electron chi connectivity index (χ4n) is 0.716. The Bertz CT molecular complexity index is 367. The first-order chi connectivity index (χ1) is 9.49. The first-order valence-corrected chi connectivity index (χ1v) is 4.48. The van der Waals surface area contributed by atoms with Crippen molar-refractivity contribution in [1.29, 1.82) is 0 Å². The zero-order chi connectivity index (χ0) is 18.1. The normalized spacial score (nSPS) is 18.8. The Hall–Kier alpha value is -1.57. The van der Waals surface area contributed by atoms with Gasteiger partial charge in [-0.05, 0) is 0 Å². The van der Waals surface area contributed by atoms with Crippen molar-refractivity contribution in [1.82, 2.24) is 0 Å². The van der Waals surface area contributed by atoms with Crippen molar-refractivity contribution < 1.29 is 67.0 Å². The quantitative estimate of drug-likeness (QED) is 0.558. The van der Waals surface area contributed by atoms with Gasteiger partial charge in [0.25, 0.3) is 0 Å². The lowest BCUT2D eigenvalue weighted by Gasteiger charge is -2.29. The van der Waals surface area contributed by atoms with E-state index in [1.807, 2.05) is 0 Å². The number of hydrogen-bond donors (Lipinski definition) is 0. The maximum atomic E-state index is 12.8. The molecule has 0 spiro atoms. The first kappa shape index (κ1) is 20.4. The van der Waals surface area contributed by atoms with Gasteiger partial charge in [0.15, 0.2) is 0 Å². The van der Waals surface area contributed by atoms with E-state index in [0.717, 1.165) is 0 Å². The summed E-state index contributed by atoms with van der Waals surface area (Å²) in [6.07, 6.45) is -27.5. The van der Waals surface area contributed by atoms with Gasteiger partial charge in [0, 0.05) is 0 Å². The summed E-state index contributed by atoms with van der Waals surface area (Å²) in [7, 11) is 0. The molecule has 0 saturated carbocycles. The van der Waals surface area contributed by atoms with Crippen LogP contribution in [0.1, 0.15) is 0 Å². The molecule has 0 aromatic rings. The van der Waals surface area contributed by atoms with Crippen LogP contribution < -0.4 is 0 Å². The van der Waals surface area contributed by atoms with Crippen LogP contribution in [0.15, 0.2) is 0 Å². The van der Waals surface area contributed by atoms with Gasteiger partial charge in [0.05, 0.1) is 0 Å². The number of rotatable bonds is 4. The maximum absolute atomic E-state index is 12.8. The van der Waals surface area contributed by atoms with Gasteiger partial charge in [0.1, 0.15) is 0 Å². The Morgan fingerprint density at radius 1 is 0.636 bits per heavy atom. The van der Waals surface area contributed by atoms with E-state index in [1.165, 1.54) is 0 Å². The molecule has 2 atom stereocenters. The second kappa shape index (κ2) is 5.91. The van der Waals surface area contributed by atoms with Crippen molar-refractivity contribution in [3.05, 3.63) is 0 Å². The average molecular weight is 362 g/mol. The van der Waals surface area contributed by atoms with E-state index in [0.29, 0.717) is 0 Å². The zero-order valence-electron chi connectivity index (χ0n) is 9.42. The van der Waals surface area contributed by atoms with Crippen LogP contribution in [-0.4, -0.2) is 43.1 Å². The Morgan fingerprint density at radius 2 is 0.864 bits per heavy atom. The summed E-state index contributed by atoms with van der Waals surface area (Å²) < 4.78 is 149. The van der Waals surface area contributed by atoms with E-state index in [2.05, 4.69) is 9.47 Å². The molecular formula is C7H2F12O3. The number of carbonyl (C=O) groups excluding carboxylic acids is 1. The van der Waals surface area contributed by atoms with E-state index >= 15 is 0 Å². The SMILES string of the molecule is O=C(OC(F)(C(F)F)C(F)(F)F)OC(F)(C(F)F)C(F)(F)F. The largest absolute Gasteiger partial charge is 0.514 e. The van der Waals surface area contributed by atoms with Gasteiger partial charge in [-0.1, -0.05) is 0 Å². The van der Waals surface area contributed by atoms with Crippen molar-refractivity contribution in [3.8, 4) is 0 Å². The lowest BCUT2D eigenvalue weighted by Crippen LogP contribution is -2.55.